The molecule has 2 heterocycles. The van der Waals surface area contributed by atoms with Gasteiger partial charge in [0.05, 0.1) is 23.6 Å². The Morgan fingerprint density at radius 1 is 1.35 bits per heavy atom. The molecule has 8 heteroatoms. The van der Waals surface area contributed by atoms with Gasteiger partial charge in [-0.05, 0) is 30.5 Å². The molecule has 136 valence electrons. The lowest BCUT2D eigenvalue weighted by Crippen LogP contribution is -2.36. The summed E-state index contributed by atoms with van der Waals surface area (Å²) in [6, 6.07) is 11.1. The molecular formula is C18H19N3O3S2. The highest BCUT2D eigenvalue weighted by Crippen LogP contribution is 2.23. The lowest BCUT2D eigenvalue weighted by atomic mass is 10.3. The second kappa shape index (κ2) is 8.48. The number of nitrogens with one attached hydrogen (secondary N) is 1. The van der Waals surface area contributed by atoms with E-state index in [1.54, 1.807) is 11.7 Å². The molecule has 1 unspecified atom stereocenters. The van der Waals surface area contributed by atoms with Crippen LogP contribution in [-0.4, -0.2) is 41.0 Å². The van der Waals surface area contributed by atoms with Crippen molar-refractivity contribution in [2.24, 2.45) is 0 Å². The molecule has 0 aliphatic rings. The Balaban J connectivity index is 1.90. The first-order chi connectivity index (χ1) is 12.6. The van der Waals surface area contributed by atoms with Crippen molar-refractivity contribution in [1.29, 1.82) is 0 Å². The van der Waals surface area contributed by atoms with Gasteiger partial charge >= 0.3 is 0 Å². The molecule has 0 fully saturated rings. The zero-order chi connectivity index (χ0) is 18.5. The molecule has 1 N–H and O–H groups in total. The summed E-state index contributed by atoms with van der Waals surface area (Å²) in [6.07, 6.45) is 0. The van der Waals surface area contributed by atoms with Crippen molar-refractivity contribution in [2.75, 3.05) is 19.5 Å². The molecule has 0 aliphatic heterocycles. The van der Waals surface area contributed by atoms with Gasteiger partial charge in [0.25, 0.3) is 5.56 Å². The summed E-state index contributed by atoms with van der Waals surface area (Å²) in [6.45, 7) is 2.33. The summed E-state index contributed by atoms with van der Waals surface area (Å²) in [4.78, 5) is 29.7. The average molecular weight is 390 g/mol. The SMILES string of the molecule is COCC(C)NC(=O)CSc1nc2ccsc2c(=O)n1-c1ccccc1. The third kappa shape index (κ3) is 4.14. The second-order valence-electron chi connectivity index (χ2n) is 5.72. The van der Waals surface area contributed by atoms with Crippen molar-refractivity contribution in [3.05, 3.63) is 52.1 Å². The number of thiophene rings is 1. The van der Waals surface area contributed by atoms with Crippen molar-refractivity contribution in [3.8, 4) is 5.69 Å². The third-order valence-corrected chi connectivity index (χ3v) is 5.45. The van der Waals surface area contributed by atoms with Crippen LogP contribution in [0.5, 0.6) is 0 Å². The number of carbonyl (C=O) groups is 1. The number of fused-ring (bicyclic) bond motifs is 1. The first-order valence-corrected chi connectivity index (χ1v) is 9.93. The van der Waals surface area contributed by atoms with E-state index in [2.05, 4.69) is 10.3 Å². The maximum absolute atomic E-state index is 12.9. The molecule has 0 saturated carbocycles. The van der Waals surface area contributed by atoms with E-state index in [0.717, 1.165) is 5.69 Å². The van der Waals surface area contributed by atoms with E-state index in [-0.39, 0.29) is 23.3 Å². The molecule has 26 heavy (non-hydrogen) atoms. The predicted molar refractivity (Wildman–Crippen MR) is 105 cm³/mol. The van der Waals surface area contributed by atoms with Crippen LogP contribution in [-0.2, 0) is 9.53 Å². The van der Waals surface area contributed by atoms with Crippen LogP contribution in [0.4, 0.5) is 0 Å². The molecule has 0 radical (unpaired) electrons. The van der Waals surface area contributed by atoms with Gasteiger partial charge < -0.3 is 10.1 Å². The topological polar surface area (TPSA) is 73.2 Å². The highest BCUT2D eigenvalue weighted by atomic mass is 32.2. The molecule has 3 aromatic rings. The second-order valence-corrected chi connectivity index (χ2v) is 7.58. The molecule has 1 amide bonds. The van der Waals surface area contributed by atoms with Gasteiger partial charge in [-0.25, -0.2) is 4.98 Å². The van der Waals surface area contributed by atoms with Gasteiger partial charge in [0.15, 0.2) is 5.16 Å². The number of methoxy groups -OCH3 is 1. The van der Waals surface area contributed by atoms with E-state index in [1.165, 1.54) is 23.1 Å². The number of hydrogen-bond donors (Lipinski definition) is 1. The van der Waals surface area contributed by atoms with Crippen LogP contribution in [0.25, 0.3) is 15.9 Å². The van der Waals surface area contributed by atoms with Crippen LogP contribution in [0, 0.1) is 0 Å². The van der Waals surface area contributed by atoms with Crippen molar-refractivity contribution < 1.29 is 9.53 Å². The van der Waals surface area contributed by atoms with E-state index in [1.807, 2.05) is 48.7 Å². The van der Waals surface area contributed by atoms with E-state index in [4.69, 9.17) is 4.74 Å². The zero-order valence-electron chi connectivity index (χ0n) is 14.5. The van der Waals surface area contributed by atoms with Crippen LogP contribution < -0.4 is 10.9 Å². The van der Waals surface area contributed by atoms with Gasteiger partial charge in [0.2, 0.25) is 5.91 Å². The Morgan fingerprint density at radius 2 is 2.12 bits per heavy atom. The number of aromatic nitrogens is 2. The smallest absolute Gasteiger partial charge is 0.276 e. The number of carbonyl (C=O) groups excluding carboxylic acids is 1. The standard InChI is InChI=1S/C18H19N3O3S2/c1-12(10-24-2)19-15(22)11-26-18-20-14-8-9-25-16(14)17(23)21(18)13-6-4-3-5-7-13/h3-9,12H,10-11H2,1-2H3,(H,19,22). The van der Waals surface area contributed by atoms with Gasteiger partial charge in [-0.2, -0.15) is 0 Å². The Bertz CT molecular complexity index is 953. The number of para-hydroxylation sites is 1. The minimum Gasteiger partial charge on any atom is -0.383 e. The number of rotatable bonds is 7. The molecule has 0 saturated heterocycles. The number of thioether (sulfide) groups is 1. The average Bonchev–Trinajstić information content (AvgIpc) is 3.10. The van der Waals surface area contributed by atoms with Crippen molar-refractivity contribution in [3.63, 3.8) is 0 Å². The molecular weight excluding hydrogens is 370 g/mol. The van der Waals surface area contributed by atoms with Crippen molar-refractivity contribution in [2.45, 2.75) is 18.1 Å². The van der Waals surface area contributed by atoms with Crippen LogP contribution in [0.3, 0.4) is 0 Å². The van der Waals surface area contributed by atoms with E-state index in [0.29, 0.717) is 22.0 Å². The van der Waals surface area contributed by atoms with Crippen molar-refractivity contribution in [1.82, 2.24) is 14.9 Å². The van der Waals surface area contributed by atoms with E-state index >= 15 is 0 Å². The van der Waals surface area contributed by atoms with Gasteiger partial charge in [0.1, 0.15) is 4.70 Å². The van der Waals surface area contributed by atoms with Gasteiger partial charge in [-0.1, -0.05) is 30.0 Å². The molecule has 0 spiro atoms. The van der Waals surface area contributed by atoms with E-state index < -0.39 is 0 Å². The van der Waals surface area contributed by atoms with Crippen LogP contribution >= 0.6 is 23.1 Å². The van der Waals surface area contributed by atoms with Gasteiger partial charge in [-0.3, -0.25) is 14.2 Å². The normalized spacial score (nSPS) is 12.2. The molecule has 1 atom stereocenters. The Labute approximate surface area is 159 Å². The number of hydrogen-bond acceptors (Lipinski definition) is 6. The maximum atomic E-state index is 12.9. The predicted octanol–water partition coefficient (Wildman–Crippen LogP) is 2.69. The highest BCUT2D eigenvalue weighted by molar-refractivity contribution is 7.99. The molecule has 0 aliphatic carbocycles. The molecule has 1 aromatic carbocycles. The number of amides is 1. The lowest BCUT2D eigenvalue weighted by molar-refractivity contribution is -0.119. The summed E-state index contributed by atoms with van der Waals surface area (Å²) in [5.41, 5.74) is 1.27. The number of nitrogens with zero attached hydrogens (tertiary/aromatic N) is 2. The number of benzene rings is 1. The van der Waals surface area contributed by atoms with Crippen LogP contribution in [0.15, 0.2) is 51.7 Å². The monoisotopic (exact) mass is 389 g/mol. The fourth-order valence-electron chi connectivity index (χ4n) is 2.53. The van der Waals surface area contributed by atoms with Gasteiger partial charge in [-0.15, -0.1) is 11.3 Å². The summed E-state index contributed by atoms with van der Waals surface area (Å²) in [5, 5.41) is 5.21. The summed E-state index contributed by atoms with van der Waals surface area (Å²) in [7, 11) is 1.59. The number of ether oxygens (including phenoxy) is 1. The molecule has 0 bridgehead atoms. The Hall–Kier alpha value is -2.16. The zero-order valence-corrected chi connectivity index (χ0v) is 16.1. The fraction of sp³-hybridized carbons (Fsp3) is 0.278. The minimum absolute atomic E-state index is 0.0725. The summed E-state index contributed by atoms with van der Waals surface area (Å²) >= 11 is 2.62. The third-order valence-electron chi connectivity index (χ3n) is 3.62. The van der Waals surface area contributed by atoms with Crippen LogP contribution in [0.1, 0.15) is 6.92 Å². The molecule has 6 nitrogen and oxygen atoms in total. The van der Waals surface area contributed by atoms with Gasteiger partial charge in [0, 0.05) is 13.2 Å². The summed E-state index contributed by atoms with van der Waals surface area (Å²) < 4.78 is 7.19. The van der Waals surface area contributed by atoms with Crippen molar-refractivity contribution >= 4 is 39.2 Å². The quantitative estimate of drug-likeness (QED) is 0.497. The van der Waals surface area contributed by atoms with Crippen LogP contribution in [0.2, 0.25) is 0 Å². The molecule has 3 rings (SSSR count). The molecule has 2 aromatic heterocycles. The fourth-order valence-corrected chi connectivity index (χ4v) is 4.12. The van der Waals surface area contributed by atoms with E-state index in [9.17, 15) is 9.59 Å². The lowest BCUT2D eigenvalue weighted by Gasteiger charge is -2.14. The first kappa shape index (κ1) is 18.6. The largest absolute Gasteiger partial charge is 0.383 e. The Kier molecular flexibility index (Phi) is 6.08. The highest BCUT2D eigenvalue weighted by Gasteiger charge is 2.16. The first-order valence-electron chi connectivity index (χ1n) is 8.07. The minimum atomic E-state index is -0.126. The summed E-state index contributed by atoms with van der Waals surface area (Å²) in [5.74, 6) is 0.0435. The Morgan fingerprint density at radius 3 is 2.85 bits per heavy atom. The maximum Gasteiger partial charge on any atom is 0.276 e.